The molecule has 1 aliphatic carbocycles. The number of hydrogen-bond acceptors (Lipinski definition) is 4. The molecule has 6 nitrogen and oxygen atoms in total. The van der Waals surface area contributed by atoms with Crippen molar-refractivity contribution in [1.29, 1.82) is 0 Å². The third-order valence-electron chi connectivity index (χ3n) is 5.86. The first-order valence-electron chi connectivity index (χ1n) is 9.09. The number of sulfone groups is 1. The molecule has 0 amide bonds. The number of nitrogens with zero attached hydrogens (tertiary/aromatic N) is 3. The number of imidazole rings is 1. The van der Waals surface area contributed by atoms with E-state index >= 15 is 0 Å². The summed E-state index contributed by atoms with van der Waals surface area (Å²) in [7, 11) is -1.44. The minimum Gasteiger partial charge on any atom is -0.293 e. The molecular formula is C21H19N3O3S. The van der Waals surface area contributed by atoms with Gasteiger partial charge in [-0.1, -0.05) is 30.3 Å². The molecule has 1 saturated carbocycles. The van der Waals surface area contributed by atoms with E-state index in [-0.39, 0.29) is 5.69 Å². The lowest BCUT2D eigenvalue weighted by Crippen LogP contribution is -2.21. The normalized spacial score (nSPS) is 15.9. The summed E-state index contributed by atoms with van der Waals surface area (Å²) in [4.78, 5) is 17.4. The number of hydrogen-bond donors (Lipinski definition) is 0. The van der Waals surface area contributed by atoms with Gasteiger partial charge in [0.25, 0.3) is 0 Å². The molecule has 0 spiro atoms. The second-order valence-electron chi connectivity index (χ2n) is 7.50. The molecule has 7 heteroatoms. The van der Waals surface area contributed by atoms with E-state index < -0.39 is 14.6 Å². The van der Waals surface area contributed by atoms with Crippen LogP contribution >= 0.6 is 0 Å². The summed E-state index contributed by atoms with van der Waals surface area (Å²) in [5.74, 6) is 0. The van der Waals surface area contributed by atoms with Gasteiger partial charge in [0, 0.05) is 18.7 Å². The van der Waals surface area contributed by atoms with Crippen LogP contribution in [0.1, 0.15) is 18.4 Å². The number of aryl methyl sites for hydroxylation is 1. The van der Waals surface area contributed by atoms with E-state index in [1.807, 2.05) is 48.5 Å². The summed E-state index contributed by atoms with van der Waals surface area (Å²) in [6, 6.07) is 15.0. The fourth-order valence-corrected chi connectivity index (χ4v) is 5.49. The van der Waals surface area contributed by atoms with Crippen LogP contribution in [0.3, 0.4) is 0 Å². The quantitative estimate of drug-likeness (QED) is 0.536. The molecular weight excluding hydrogens is 374 g/mol. The van der Waals surface area contributed by atoms with E-state index in [0.717, 1.165) is 27.5 Å². The van der Waals surface area contributed by atoms with E-state index in [4.69, 9.17) is 0 Å². The van der Waals surface area contributed by atoms with Gasteiger partial charge in [0.1, 0.15) is 0 Å². The number of benzene rings is 2. The SMILES string of the molecule is Cn1c(=O)n(-c2ccc(C3(S(C)(=O)=O)CC3)cc2)c2c3ccccc3ncc21. The zero-order valence-corrected chi connectivity index (χ0v) is 16.4. The summed E-state index contributed by atoms with van der Waals surface area (Å²) in [6.07, 6.45) is 4.31. The highest BCUT2D eigenvalue weighted by Crippen LogP contribution is 2.52. The van der Waals surface area contributed by atoms with Crippen molar-refractivity contribution in [2.75, 3.05) is 6.26 Å². The lowest BCUT2D eigenvalue weighted by molar-refractivity contribution is 0.586. The molecule has 2 aromatic carbocycles. The minimum atomic E-state index is -3.17. The molecule has 142 valence electrons. The van der Waals surface area contributed by atoms with Gasteiger partial charge in [-0.15, -0.1) is 0 Å². The van der Waals surface area contributed by atoms with Crippen molar-refractivity contribution in [3.05, 3.63) is 70.8 Å². The number of para-hydroxylation sites is 1. The van der Waals surface area contributed by atoms with E-state index in [2.05, 4.69) is 4.98 Å². The molecule has 5 rings (SSSR count). The van der Waals surface area contributed by atoms with Gasteiger partial charge in [0.15, 0.2) is 9.84 Å². The first kappa shape index (κ1) is 17.2. The zero-order chi connectivity index (χ0) is 19.7. The highest BCUT2D eigenvalue weighted by atomic mass is 32.2. The van der Waals surface area contributed by atoms with Crippen LogP contribution in [0.25, 0.3) is 27.6 Å². The molecule has 0 aliphatic heterocycles. The lowest BCUT2D eigenvalue weighted by atomic mass is 10.1. The van der Waals surface area contributed by atoms with E-state index in [1.165, 1.54) is 6.26 Å². The minimum absolute atomic E-state index is 0.162. The second kappa shape index (κ2) is 5.54. The van der Waals surface area contributed by atoms with Crippen molar-refractivity contribution in [3.63, 3.8) is 0 Å². The van der Waals surface area contributed by atoms with Gasteiger partial charge in [-0.3, -0.25) is 14.1 Å². The Hall–Kier alpha value is -2.93. The molecule has 0 N–H and O–H groups in total. The van der Waals surface area contributed by atoms with Crippen molar-refractivity contribution in [2.24, 2.45) is 7.05 Å². The largest absolute Gasteiger partial charge is 0.333 e. The standard InChI is InChI=1S/C21H19N3O3S/c1-23-18-13-22-17-6-4-3-5-16(17)19(18)24(20(23)25)15-9-7-14(8-10-15)21(11-12-21)28(2,26)27/h3-10,13H,11-12H2,1-2H3. The average molecular weight is 393 g/mol. The third-order valence-corrected chi connectivity index (χ3v) is 7.92. The Bertz CT molecular complexity index is 1410. The van der Waals surface area contributed by atoms with Crippen LogP contribution < -0.4 is 5.69 Å². The molecule has 28 heavy (non-hydrogen) atoms. The van der Waals surface area contributed by atoms with Gasteiger partial charge in [0.2, 0.25) is 0 Å². The Morgan fingerprint density at radius 3 is 2.36 bits per heavy atom. The number of fused-ring (bicyclic) bond motifs is 3. The molecule has 2 aromatic heterocycles. The Kier molecular flexibility index (Phi) is 3.40. The van der Waals surface area contributed by atoms with Crippen LogP contribution in [-0.4, -0.2) is 28.8 Å². The molecule has 0 radical (unpaired) electrons. The maximum Gasteiger partial charge on any atom is 0.333 e. The van der Waals surface area contributed by atoms with Crippen molar-refractivity contribution in [3.8, 4) is 5.69 Å². The number of rotatable bonds is 3. The lowest BCUT2D eigenvalue weighted by Gasteiger charge is -2.14. The summed E-state index contributed by atoms with van der Waals surface area (Å²) >= 11 is 0. The van der Waals surface area contributed by atoms with Gasteiger partial charge in [-0.05, 0) is 36.6 Å². The van der Waals surface area contributed by atoms with Crippen LogP contribution in [0.2, 0.25) is 0 Å². The molecule has 4 aromatic rings. The average Bonchev–Trinajstić information content (AvgIpc) is 3.46. The van der Waals surface area contributed by atoms with Crippen LogP contribution in [0.5, 0.6) is 0 Å². The molecule has 0 unspecified atom stereocenters. The second-order valence-corrected chi connectivity index (χ2v) is 9.83. The predicted octanol–water partition coefficient (Wildman–Crippen LogP) is 2.91. The molecule has 1 fully saturated rings. The van der Waals surface area contributed by atoms with Gasteiger partial charge in [0.05, 0.1) is 33.2 Å². The molecule has 1 aliphatic rings. The van der Waals surface area contributed by atoms with Crippen molar-refractivity contribution < 1.29 is 8.42 Å². The highest BCUT2D eigenvalue weighted by molar-refractivity contribution is 7.92. The third kappa shape index (κ3) is 2.22. The molecule has 0 bridgehead atoms. The van der Waals surface area contributed by atoms with Crippen LogP contribution in [0.15, 0.2) is 59.5 Å². The Balaban J connectivity index is 1.75. The van der Waals surface area contributed by atoms with E-state index in [0.29, 0.717) is 18.5 Å². The van der Waals surface area contributed by atoms with Crippen molar-refractivity contribution >= 4 is 31.8 Å². The first-order valence-corrected chi connectivity index (χ1v) is 11.0. The van der Waals surface area contributed by atoms with Crippen LogP contribution in [0.4, 0.5) is 0 Å². The van der Waals surface area contributed by atoms with Crippen LogP contribution in [-0.2, 0) is 21.6 Å². The van der Waals surface area contributed by atoms with Crippen molar-refractivity contribution in [1.82, 2.24) is 14.1 Å². The fraction of sp³-hybridized carbons (Fsp3) is 0.238. The summed E-state index contributed by atoms with van der Waals surface area (Å²) in [6.45, 7) is 0. The van der Waals surface area contributed by atoms with Gasteiger partial charge in [-0.2, -0.15) is 0 Å². The number of aromatic nitrogens is 3. The maximum atomic E-state index is 13.0. The van der Waals surface area contributed by atoms with Crippen LogP contribution in [0, 0.1) is 0 Å². The smallest absolute Gasteiger partial charge is 0.293 e. The summed E-state index contributed by atoms with van der Waals surface area (Å²) < 4.78 is 26.9. The van der Waals surface area contributed by atoms with Crippen molar-refractivity contribution in [2.45, 2.75) is 17.6 Å². The van der Waals surface area contributed by atoms with Gasteiger partial charge < -0.3 is 0 Å². The van der Waals surface area contributed by atoms with Gasteiger partial charge >= 0.3 is 5.69 Å². The molecule has 2 heterocycles. The number of pyridine rings is 1. The Morgan fingerprint density at radius 1 is 1.04 bits per heavy atom. The van der Waals surface area contributed by atoms with E-state index in [1.54, 1.807) is 22.4 Å². The zero-order valence-electron chi connectivity index (χ0n) is 15.6. The fourth-order valence-electron chi connectivity index (χ4n) is 4.09. The monoisotopic (exact) mass is 393 g/mol. The topological polar surface area (TPSA) is 74.0 Å². The molecule has 0 atom stereocenters. The molecule has 0 saturated heterocycles. The maximum absolute atomic E-state index is 13.0. The Morgan fingerprint density at radius 2 is 1.71 bits per heavy atom. The Labute approximate surface area is 162 Å². The van der Waals surface area contributed by atoms with Gasteiger partial charge in [-0.25, -0.2) is 13.2 Å². The summed E-state index contributed by atoms with van der Waals surface area (Å²) in [5, 5.41) is 0.900. The highest BCUT2D eigenvalue weighted by Gasteiger charge is 2.53. The first-order chi connectivity index (χ1) is 13.3. The summed E-state index contributed by atoms with van der Waals surface area (Å²) in [5.41, 5.74) is 3.71. The van der Waals surface area contributed by atoms with E-state index in [9.17, 15) is 13.2 Å². The predicted molar refractivity (Wildman–Crippen MR) is 110 cm³/mol.